The molecule has 1 aliphatic heterocycles. The number of barbiturate groups is 1. The molecule has 0 unspecified atom stereocenters. The maximum atomic E-state index is 13.1. The molecular formula is C26H20BrClN2O4. The summed E-state index contributed by atoms with van der Waals surface area (Å²) in [5, 5.41) is 2.56. The number of hydrogen-bond donors (Lipinski definition) is 1. The summed E-state index contributed by atoms with van der Waals surface area (Å²) in [6, 6.07) is 17.2. The lowest BCUT2D eigenvalue weighted by molar-refractivity contribution is -0.122. The van der Waals surface area contributed by atoms with E-state index in [4.69, 9.17) is 16.3 Å². The number of rotatable bonds is 5. The minimum Gasteiger partial charge on any atom is -0.487 e. The minimum atomic E-state index is -0.799. The number of benzene rings is 3. The molecule has 0 aromatic heterocycles. The van der Waals surface area contributed by atoms with Gasteiger partial charge in [0.05, 0.1) is 10.7 Å². The molecule has 4 amide bonds. The van der Waals surface area contributed by atoms with E-state index in [2.05, 4.69) is 21.2 Å². The van der Waals surface area contributed by atoms with Gasteiger partial charge in [0.1, 0.15) is 17.9 Å². The number of hydrogen-bond acceptors (Lipinski definition) is 4. The molecule has 1 heterocycles. The summed E-state index contributed by atoms with van der Waals surface area (Å²) < 4.78 is 6.64. The van der Waals surface area contributed by atoms with Crippen LogP contribution < -0.4 is 15.0 Å². The quantitative estimate of drug-likeness (QED) is 0.320. The van der Waals surface area contributed by atoms with Crippen LogP contribution in [0.25, 0.3) is 6.08 Å². The molecule has 3 aromatic carbocycles. The Morgan fingerprint density at radius 3 is 2.41 bits per heavy atom. The third-order valence-corrected chi connectivity index (χ3v) is 6.47. The second-order valence-corrected chi connectivity index (χ2v) is 9.12. The van der Waals surface area contributed by atoms with Crippen molar-refractivity contribution >= 4 is 57.1 Å². The standard InChI is InChI=1S/C26H20BrClN2O4/c1-15-3-5-17(6-4-15)14-34-23-10-7-18(13-22(23)28)12-20-24(31)29-26(33)30(25(20)32)19-8-9-21(27)16(2)11-19/h3-13H,14H2,1-2H3,(H,29,31,33)/b20-12-. The van der Waals surface area contributed by atoms with E-state index in [9.17, 15) is 14.4 Å². The van der Waals surface area contributed by atoms with Crippen LogP contribution in [0.15, 0.2) is 70.7 Å². The van der Waals surface area contributed by atoms with Crippen LogP contribution in [0.3, 0.4) is 0 Å². The molecule has 3 aromatic rings. The second kappa shape index (κ2) is 9.83. The van der Waals surface area contributed by atoms with Crippen LogP contribution in [-0.2, 0) is 16.2 Å². The minimum absolute atomic E-state index is 0.176. The van der Waals surface area contributed by atoms with Crippen LogP contribution in [0.1, 0.15) is 22.3 Å². The maximum Gasteiger partial charge on any atom is 0.335 e. The molecule has 8 heteroatoms. The second-order valence-electron chi connectivity index (χ2n) is 7.86. The van der Waals surface area contributed by atoms with Gasteiger partial charge in [-0.05, 0) is 66.9 Å². The molecule has 0 radical (unpaired) electrons. The van der Waals surface area contributed by atoms with Gasteiger partial charge in [-0.15, -0.1) is 0 Å². The molecule has 0 spiro atoms. The van der Waals surface area contributed by atoms with E-state index < -0.39 is 17.8 Å². The predicted octanol–water partition coefficient (Wildman–Crippen LogP) is 5.96. The van der Waals surface area contributed by atoms with Gasteiger partial charge < -0.3 is 4.74 Å². The van der Waals surface area contributed by atoms with Crippen molar-refractivity contribution in [3.05, 3.63) is 98.0 Å². The predicted molar refractivity (Wildman–Crippen MR) is 135 cm³/mol. The summed E-state index contributed by atoms with van der Waals surface area (Å²) in [6.07, 6.45) is 1.40. The van der Waals surface area contributed by atoms with E-state index in [1.165, 1.54) is 6.08 Å². The summed E-state index contributed by atoms with van der Waals surface area (Å²) in [5.74, 6) is -1.01. The first-order valence-electron chi connectivity index (χ1n) is 10.4. The van der Waals surface area contributed by atoms with Gasteiger partial charge in [0.2, 0.25) is 0 Å². The molecule has 172 valence electrons. The Hall–Kier alpha value is -3.42. The Bertz CT molecular complexity index is 1340. The summed E-state index contributed by atoms with van der Waals surface area (Å²) in [5.41, 5.74) is 3.71. The van der Waals surface area contributed by atoms with E-state index in [0.717, 1.165) is 26.1 Å². The van der Waals surface area contributed by atoms with Crippen molar-refractivity contribution < 1.29 is 19.1 Å². The largest absolute Gasteiger partial charge is 0.487 e. The zero-order valence-corrected chi connectivity index (χ0v) is 20.7. The van der Waals surface area contributed by atoms with Crippen LogP contribution in [0, 0.1) is 13.8 Å². The van der Waals surface area contributed by atoms with Crippen LogP contribution in [0.2, 0.25) is 5.02 Å². The van der Waals surface area contributed by atoms with Crippen LogP contribution >= 0.6 is 27.5 Å². The smallest absolute Gasteiger partial charge is 0.335 e. The lowest BCUT2D eigenvalue weighted by Crippen LogP contribution is -2.54. The van der Waals surface area contributed by atoms with E-state index >= 15 is 0 Å². The topological polar surface area (TPSA) is 75.7 Å². The SMILES string of the molecule is Cc1ccc(COc2ccc(/C=C3/C(=O)NC(=O)N(c4ccc(Br)c(C)c4)C3=O)cc2Cl)cc1. The molecule has 1 aliphatic rings. The number of anilines is 1. The normalized spacial score (nSPS) is 15.0. The van der Waals surface area contributed by atoms with Gasteiger partial charge in [0, 0.05) is 4.47 Å². The van der Waals surface area contributed by atoms with Crippen molar-refractivity contribution in [1.29, 1.82) is 0 Å². The number of halogens is 2. The van der Waals surface area contributed by atoms with E-state index in [1.54, 1.807) is 36.4 Å². The molecule has 4 rings (SSSR count). The van der Waals surface area contributed by atoms with E-state index in [1.807, 2.05) is 38.1 Å². The van der Waals surface area contributed by atoms with Crippen molar-refractivity contribution in [1.82, 2.24) is 5.32 Å². The molecule has 0 saturated carbocycles. The molecular weight excluding hydrogens is 520 g/mol. The van der Waals surface area contributed by atoms with Gasteiger partial charge in [0.15, 0.2) is 0 Å². The first kappa shape index (κ1) is 23.7. The Labute approximate surface area is 210 Å². The molecule has 6 nitrogen and oxygen atoms in total. The molecule has 0 aliphatic carbocycles. The van der Waals surface area contributed by atoms with Gasteiger partial charge in [0.25, 0.3) is 11.8 Å². The highest BCUT2D eigenvalue weighted by Gasteiger charge is 2.36. The highest BCUT2D eigenvalue weighted by atomic mass is 79.9. The summed E-state index contributed by atoms with van der Waals surface area (Å²) in [7, 11) is 0. The monoisotopic (exact) mass is 538 g/mol. The zero-order chi connectivity index (χ0) is 24.4. The van der Waals surface area contributed by atoms with Crippen LogP contribution in [-0.4, -0.2) is 17.8 Å². The number of urea groups is 1. The number of nitrogens with zero attached hydrogens (tertiary/aromatic N) is 1. The van der Waals surface area contributed by atoms with Gasteiger partial charge in [-0.3, -0.25) is 14.9 Å². The Morgan fingerprint density at radius 2 is 1.74 bits per heavy atom. The van der Waals surface area contributed by atoms with Gasteiger partial charge in [-0.2, -0.15) is 0 Å². The van der Waals surface area contributed by atoms with Gasteiger partial charge >= 0.3 is 6.03 Å². The fraction of sp³-hybridized carbons (Fsp3) is 0.115. The fourth-order valence-corrected chi connectivity index (χ4v) is 3.89. The Morgan fingerprint density at radius 1 is 1.00 bits per heavy atom. The average Bonchev–Trinajstić information content (AvgIpc) is 2.79. The van der Waals surface area contributed by atoms with Crippen molar-refractivity contribution in [3.8, 4) is 5.75 Å². The van der Waals surface area contributed by atoms with E-state index in [0.29, 0.717) is 28.6 Å². The molecule has 34 heavy (non-hydrogen) atoms. The Kier molecular flexibility index (Phi) is 6.86. The first-order chi connectivity index (χ1) is 16.2. The molecule has 1 saturated heterocycles. The maximum absolute atomic E-state index is 13.1. The zero-order valence-electron chi connectivity index (χ0n) is 18.4. The van der Waals surface area contributed by atoms with Crippen molar-refractivity contribution in [3.63, 3.8) is 0 Å². The van der Waals surface area contributed by atoms with Crippen LogP contribution in [0.5, 0.6) is 5.75 Å². The summed E-state index contributed by atoms with van der Waals surface area (Å²) in [4.78, 5) is 38.9. The van der Waals surface area contributed by atoms with Gasteiger partial charge in [-0.1, -0.05) is 63.4 Å². The number of amides is 4. The molecule has 0 bridgehead atoms. The van der Waals surface area contributed by atoms with Crippen molar-refractivity contribution in [2.24, 2.45) is 0 Å². The number of aryl methyl sites for hydroxylation is 2. The Balaban J connectivity index is 1.56. The summed E-state index contributed by atoms with van der Waals surface area (Å²) >= 11 is 9.78. The summed E-state index contributed by atoms with van der Waals surface area (Å²) in [6.45, 7) is 4.21. The van der Waals surface area contributed by atoms with E-state index in [-0.39, 0.29) is 5.57 Å². The van der Waals surface area contributed by atoms with Gasteiger partial charge in [-0.25, -0.2) is 9.69 Å². The number of imide groups is 2. The number of nitrogens with one attached hydrogen (secondary N) is 1. The highest BCUT2D eigenvalue weighted by Crippen LogP contribution is 2.29. The van der Waals surface area contributed by atoms with Crippen LogP contribution in [0.4, 0.5) is 10.5 Å². The number of carbonyl (C=O) groups is 3. The lowest BCUT2D eigenvalue weighted by atomic mass is 10.1. The number of carbonyl (C=O) groups excluding carboxylic acids is 3. The third kappa shape index (κ3) is 5.05. The molecule has 0 atom stereocenters. The fourth-order valence-electron chi connectivity index (χ4n) is 3.40. The third-order valence-electron chi connectivity index (χ3n) is 5.28. The first-order valence-corrected chi connectivity index (χ1v) is 11.6. The number of ether oxygens (including phenoxy) is 1. The van der Waals surface area contributed by atoms with Crippen molar-refractivity contribution in [2.75, 3.05) is 4.90 Å². The van der Waals surface area contributed by atoms with Crippen molar-refractivity contribution in [2.45, 2.75) is 20.5 Å². The molecule has 1 N–H and O–H groups in total. The average molecular weight is 540 g/mol. The lowest BCUT2D eigenvalue weighted by Gasteiger charge is -2.26. The molecule has 1 fully saturated rings. The highest BCUT2D eigenvalue weighted by molar-refractivity contribution is 9.10.